The zero-order valence-corrected chi connectivity index (χ0v) is 15.2. The van der Waals surface area contributed by atoms with Gasteiger partial charge in [-0.25, -0.2) is 4.39 Å². The maximum absolute atomic E-state index is 13.1. The van der Waals surface area contributed by atoms with E-state index < -0.39 is 0 Å². The predicted molar refractivity (Wildman–Crippen MR) is 102 cm³/mol. The van der Waals surface area contributed by atoms with Crippen molar-refractivity contribution in [2.24, 2.45) is 0 Å². The fourth-order valence-electron chi connectivity index (χ4n) is 2.75. The molecular formula is C19H13FN6OS. The molecule has 5 aromatic rings. The number of benzene rings is 2. The number of hydrogen-bond acceptors (Lipinski definition) is 6. The van der Waals surface area contributed by atoms with Crippen LogP contribution in [0.1, 0.15) is 5.01 Å². The number of aromatic amines is 1. The fourth-order valence-corrected chi connectivity index (χ4v) is 3.50. The minimum atomic E-state index is -0.286. The summed E-state index contributed by atoms with van der Waals surface area (Å²) >= 11 is 1.41. The van der Waals surface area contributed by atoms with E-state index >= 15 is 0 Å². The summed E-state index contributed by atoms with van der Waals surface area (Å²) < 4.78 is 20.5. The van der Waals surface area contributed by atoms with E-state index in [0.29, 0.717) is 28.8 Å². The SMILES string of the molecule is Fc1ccc(-c2cc(-c3nnc4sc(COc5ccccc5)nn34)[nH]n2)cc1. The molecule has 0 amide bonds. The Labute approximate surface area is 162 Å². The van der Waals surface area contributed by atoms with Gasteiger partial charge in [-0.05, 0) is 42.5 Å². The molecule has 1 N–H and O–H groups in total. The molecule has 2 aromatic carbocycles. The van der Waals surface area contributed by atoms with Crippen LogP contribution in [0.15, 0.2) is 60.7 Å². The Morgan fingerprint density at radius 2 is 1.86 bits per heavy atom. The Bertz CT molecular complexity index is 1230. The first-order valence-corrected chi connectivity index (χ1v) is 9.28. The molecule has 3 aromatic heterocycles. The van der Waals surface area contributed by atoms with Gasteiger partial charge in [0.05, 0.1) is 5.69 Å². The van der Waals surface area contributed by atoms with Gasteiger partial charge in [0.1, 0.15) is 23.9 Å². The lowest BCUT2D eigenvalue weighted by molar-refractivity contribution is 0.304. The lowest BCUT2D eigenvalue weighted by atomic mass is 10.1. The molecule has 7 nitrogen and oxygen atoms in total. The summed E-state index contributed by atoms with van der Waals surface area (Å²) in [5, 5.41) is 20.9. The van der Waals surface area contributed by atoms with E-state index in [0.717, 1.165) is 16.3 Å². The first-order valence-electron chi connectivity index (χ1n) is 8.47. The lowest BCUT2D eigenvalue weighted by Gasteiger charge is -2.02. The van der Waals surface area contributed by atoms with Crippen molar-refractivity contribution in [1.82, 2.24) is 30.0 Å². The van der Waals surface area contributed by atoms with Gasteiger partial charge in [-0.1, -0.05) is 29.5 Å². The quantitative estimate of drug-likeness (QED) is 0.490. The number of H-pyrrole nitrogens is 1. The van der Waals surface area contributed by atoms with Crippen LogP contribution < -0.4 is 4.74 Å². The van der Waals surface area contributed by atoms with Crippen LogP contribution in [0.4, 0.5) is 4.39 Å². The maximum Gasteiger partial charge on any atom is 0.235 e. The molecule has 5 rings (SSSR count). The molecular weight excluding hydrogens is 379 g/mol. The zero-order chi connectivity index (χ0) is 18.9. The van der Waals surface area contributed by atoms with Crippen molar-refractivity contribution in [2.75, 3.05) is 0 Å². The molecule has 138 valence electrons. The first-order chi connectivity index (χ1) is 13.8. The summed E-state index contributed by atoms with van der Waals surface area (Å²) in [7, 11) is 0. The molecule has 0 fully saturated rings. The second kappa shape index (κ2) is 6.86. The van der Waals surface area contributed by atoms with Gasteiger partial charge in [-0.15, -0.1) is 10.2 Å². The monoisotopic (exact) mass is 392 g/mol. The summed E-state index contributed by atoms with van der Waals surface area (Å²) in [4.78, 5) is 0.666. The molecule has 3 heterocycles. The number of ether oxygens (including phenoxy) is 1. The largest absolute Gasteiger partial charge is 0.486 e. The Morgan fingerprint density at radius 1 is 1.04 bits per heavy atom. The molecule has 0 unspecified atom stereocenters. The lowest BCUT2D eigenvalue weighted by Crippen LogP contribution is -1.97. The minimum Gasteiger partial charge on any atom is -0.486 e. The second-order valence-electron chi connectivity index (χ2n) is 5.99. The maximum atomic E-state index is 13.1. The second-order valence-corrected chi connectivity index (χ2v) is 7.03. The molecule has 0 atom stereocenters. The van der Waals surface area contributed by atoms with Gasteiger partial charge in [0.25, 0.3) is 0 Å². The highest BCUT2D eigenvalue weighted by Crippen LogP contribution is 2.25. The number of para-hydroxylation sites is 1. The third-order valence-corrected chi connectivity index (χ3v) is 4.97. The van der Waals surface area contributed by atoms with E-state index in [2.05, 4.69) is 25.5 Å². The minimum absolute atomic E-state index is 0.286. The highest BCUT2D eigenvalue weighted by atomic mass is 32.1. The first kappa shape index (κ1) is 16.6. The smallest absolute Gasteiger partial charge is 0.235 e. The van der Waals surface area contributed by atoms with Crippen molar-refractivity contribution in [3.05, 3.63) is 71.5 Å². The number of aromatic nitrogens is 6. The molecule has 0 aliphatic carbocycles. The topological polar surface area (TPSA) is 81.0 Å². The highest BCUT2D eigenvalue weighted by Gasteiger charge is 2.16. The van der Waals surface area contributed by atoms with Crippen LogP contribution in [0.5, 0.6) is 5.75 Å². The van der Waals surface area contributed by atoms with Gasteiger partial charge in [0, 0.05) is 5.56 Å². The number of nitrogens with zero attached hydrogens (tertiary/aromatic N) is 5. The van der Waals surface area contributed by atoms with E-state index in [9.17, 15) is 4.39 Å². The van der Waals surface area contributed by atoms with Crippen LogP contribution in [-0.4, -0.2) is 30.0 Å². The van der Waals surface area contributed by atoms with Crippen LogP contribution in [0.25, 0.3) is 27.7 Å². The molecule has 0 saturated carbocycles. The molecule has 9 heteroatoms. The zero-order valence-electron chi connectivity index (χ0n) is 14.4. The average molecular weight is 392 g/mol. The standard InChI is InChI=1S/C19H13FN6OS/c20-13-8-6-12(7-9-13)15-10-16(22-21-15)18-23-24-19-26(18)25-17(28-19)11-27-14-4-2-1-3-5-14/h1-10H,11H2,(H,21,22). The van der Waals surface area contributed by atoms with E-state index in [-0.39, 0.29) is 5.82 Å². The van der Waals surface area contributed by atoms with Gasteiger partial charge < -0.3 is 4.74 Å². The summed E-state index contributed by atoms with van der Waals surface area (Å²) in [6.45, 7) is 0.348. The summed E-state index contributed by atoms with van der Waals surface area (Å²) in [5.41, 5.74) is 2.17. The molecule has 0 radical (unpaired) electrons. The number of hydrogen-bond donors (Lipinski definition) is 1. The Morgan fingerprint density at radius 3 is 2.68 bits per heavy atom. The molecule has 0 spiro atoms. The summed E-state index contributed by atoms with van der Waals surface area (Å²) in [6.07, 6.45) is 0. The van der Waals surface area contributed by atoms with Crippen molar-refractivity contribution in [2.45, 2.75) is 6.61 Å². The van der Waals surface area contributed by atoms with Crippen molar-refractivity contribution < 1.29 is 9.13 Å². The molecule has 0 saturated heterocycles. The normalized spacial score (nSPS) is 11.2. The van der Waals surface area contributed by atoms with Crippen LogP contribution >= 0.6 is 11.3 Å². The highest BCUT2D eigenvalue weighted by molar-refractivity contribution is 7.16. The average Bonchev–Trinajstić information content (AvgIpc) is 3.43. The van der Waals surface area contributed by atoms with Gasteiger partial charge in [0.15, 0.2) is 5.01 Å². The molecule has 0 aliphatic heterocycles. The number of nitrogens with one attached hydrogen (secondary N) is 1. The number of rotatable bonds is 5. The molecule has 0 bridgehead atoms. The van der Waals surface area contributed by atoms with Gasteiger partial charge in [-0.2, -0.15) is 14.7 Å². The van der Waals surface area contributed by atoms with E-state index in [1.807, 2.05) is 36.4 Å². The van der Waals surface area contributed by atoms with E-state index in [1.165, 1.54) is 23.5 Å². The summed E-state index contributed by atoms with van der Waals surface area (Å²) in [6, 6.07) is 17.6. The van der Waals surface area contributed by atoms with Gasteiger partial charge >= 0.3 is 0 Å². The van der Waals surface area contributed by atoms with E-state index in [4.69, 9.17) is 4.74 Å². The van der Waals surface area contributed by atoms with Crippen molar-refractivity contribution in [3.8, 4) is 28.5 Å². The van der Waals surface area contributed by atoms with E-state index in [1.54, 1.807) is 16.6 Å². The molecule has 28 heavy (non-hydrogen) atoms. The summed E-state index contributed by atoms with van der Waals surface area (Å²) in [5.74, 6) is 1.05. The van der Waals surface area contributed by atoms with Crippen molar-refractivity contribution in [1.29, 1.82) is 0 Å². The molecule has 0 aliphatic rings. The van der Waals surface area contributed by atoms with Crippen molar-refractivity contribution in [3.63, 3.8) is 0 Å². The Balaban J connectivity index is 1.40. The third kappa shape index (κ3) is 3.12. The van der Waals surface area contributed by atoms with Crippen LogP contribution in [0.3, 0.4) is 0 Å². The Hall–Kier alpha value is -3.59. The van der Waals surface area contributed by atoms with Gasteiger partial charge in [0.2, 0.25) is 10.8 Å². The van der Waals surface area contributed by atoms with Crippen LogP contribution in [0, 0.1) is 5.82 Å². The van der Waals surface area contributed by atoms with Gasteiger partial charge in [-0.3, -0.25) is 5.10 Å². The Kier molecular flexibility index (Phi) is 4.06. The predicted octanol–water partition coefficient (Wildman–Crippen LogP) is 3.96. The fraction of sp³-hybridized carbons (Fsp3) is 0.0526. The number of halogens is 1. The van der Waals surface area contributed by atoms with Crippen LogP contribution in [0.2, 0.25) is 0 Å². The number of fused-ring (bicyclic) bond motifs is 1. The third-order valence-electron chi connectivity index (χ3n) is 4.10. The van der Waals surface area contributed by atoms with Crippen molar-refractivity contribution >= 4 is 16.3 Å². The van der Waals surface area contributed by atoms with Crippen LogP contribution in [-0.2, 0) is 6.61 Å².